The van der Waals surface area contributed by atoms with Crippen LogP contribution >= 0.6 is 0 Å². The Morgan fingerprint density at radius 3 is 2.24 bits per heavy atom. The van der Waals surface area contributed by atoms with Crippen LogP contribution in [0.25, 0.3) is 11.4 Å². The van der Waals surface area contributed by atoms with Gasteiger partial charge in [0.25, 0.3) is 5.91 Å². The van der Waals surface area contributed by atoms with E-state index in [9.17, 15) is 9.59 Å². The van der Waals surface area contributed by atoms with Crippen LogP contribution in [0.2, 0.25) is 0 Å². The number of benzene rings is 2. The van der Waals surface area contributed by atoms with Crippen LogP contribution in [0.1, 0.15) is 34.9 Å². The minimum atomic E-state index is -0.531. The van der Waals surface area contributed by atoms with Gasteiger partial charge >= 0.3 is 11.8 Å². The maximum atomic E-state index is 12.4. The molecule has 174 valence electrons. The molecule has 0 saturated carbocycles. The summed E-state index contributed by atoms with van der Waals surface area (Å²) in [4.78, 5) is 28.8. The smallest absolute Gasteiger partial charge is 0.316 e. The van der Waals surface area contributed by atoms with Crippen molar-refractivity contribution in [2.75, 3.05) is 33.4 Å². The van der Waals surface area contributed by atoms with Crippen LogP contribution in [0, 0.1) is 0 Å². The number of amides is 2. The Kier molecular flexibility index (Phi) is 8.23. The third kappa shape index (κ3) is 6.22. The van der Waals surface area contributed by atoms with Crippen LogP contribution in [0.3, 0.4) is 0 Å². The lowest BCUT2D eigenvalue weighted by atomic mass is 10.2. The maximum absolute atomic E-state index is 12.4. The number of nitrogens with one attached hydrogen (secondary N) is 2. The molecule has 2 aromatic carbocycles. The first-order valence-corrected chi connectivity index (χ1v) is 10.5. The van der Waals surface area contributed by atoms with Crippen LogP contribution in [0.15, 0.2) is 47.0 Å². The Hall–Kier alpha value is -4.08. The third-order valence-electron chi connectivity index (χ3n) is 4.47. The highest BCUT2D eigenvalue weighted by atomic mass is 16.5. The summed E-state index contributed by atoms with van der Waals surface area (Å²) in [5.74, 6) is 1.07. The average Bonchev–Trinajstić information content (AvgIpc) is 3.33. The number of ether oxygens (including phenoxy) is 3. The van der Waals surface area contributed by atoms with Crippen molar-refractivity contribution < 1.29 is 28.3 Å². The number of nitrogens with zero attached hydrogens (tertiary/aromatic N) is 2. The van der Waals surface area contributed by atoms with Gasteiger partial charge in [-0.2, -0.15) is 4.98 Å². The number of carbonyl (C=O) groups excluding carboxylic acids is 2. The lowest BCUT2D eigenvalue weighted by Crippen LogP contribution is -2.34. The molecule has 0 bridgehead atoms. The Labute approximate surface area is 191 Å². The van der Waals surface area contributed by atoms with Gasteiger partial charge in [-0.25, -0.2) is 0 Å². The van der Waals surface area contributed by atoms with Gasteiger partial charge in [0.1, 0.15) is 5.75 Å². The van der Waals surface area contributed by atoms with Crippen LogP contribution in [-0.2, 0) is 0 Å². The minimum absolute atomic E-state index is 0.167. The zero-order valence-corrected chi connectivity index (χ0v) is 18.7. The molecule has 0 atom stereocenters. The van der Waals surface area contributed by atoms with Crippen molar-refractivity contribution in [2.45, 2.75) is 13.8 Å². The van der Waals surface area contributed by atoms with Crippen molar-refractivity contribution in [3.63, 3.8) is 0 Å². The fourth-order valence-corrected chi connectivity index (χ4v) is 2.90. The molecule has 10 heteroatoms. The lowest BCUT2D eigenvalue weighted by molar-refractivity contribution is 0.0898. The van der Waals surface area contributed by atoms with Crippen LogP contribution in [0.5, 0.6) is 17.2 Å². The second-order valence-electron chi connectivity index (χ2n) is 6.69. The normalized spacial score (nSPS) is 10.4. The van der Waals surface area contributed by atoms with E-state index in [1.165, 1.54) is 0 Å². The van der Waals surface area contributed by atoms with Gasteiger partial charge in [0.15, 0.2) is 11.5 Å². The molecule has 0 aliphatic carbocycles. The van der Waals surface area contributed by atoms with E-state index in [0.717, 1.165) is 0 Å². The number of rotatable bonds is 11. The Bertz CT molecular complexity index is 1080. The van der Waals surface area contributed by atoms with Crippen molar-refractivity contribution in [1.29, 1.82) is 0 Å². The van der Waals surface area contributed by atoms with Gasteiger partial charge in [-0.05, 0) is 56.3 Å². The summed E-state index contributed by atoms with van der Waals surface area (Å²) >= 11 is 0. The van der Waals surface area contributed by atoms with Crippen molar-refractivity contribution in [3.8, 4) is 28.6 Å². The van der Waals surface area contributed by atoms with E-state index in [1.54, 1.807) is 49.6 Å². The summed E-state index contributed by atoms with van der Waals surface area (Å²) < 4.78 is 21.2. The minimum Gasteiger partial charge on any atom is -0.497 e. The van der Waals surface area contributed by atoms with Crippen LogP contribution < -0.4 is 24.8 Å². The second-order valence-corrected chi connectivity index (χ2v) is 6.69. The van der Waals surface area contributed by atoms with Gasteiger partial charge in [0.05, 0.1) is 20.3 Å². The summed E-state index contributed by atoms with van der Waals surface area (Å²) in [6.07, 6.45) is 0. The molecule has 2 N–H and O–H groups in total. The Morgan fingerprint density at radius 2 is 1.58 bits per heavy atom. The number of methoxy groups -OCH3 is 1. The molecule has 10 nitrogen and oxygen atoms in total. The first kappa shape index (κ1) is 23.6. The summed E-state index contributed by atoms with van der Waals surface area (Å²) in [7, 11) is 1.57. The largest absolute Gasteiger partial charge is 0.497 e. The molecule has 2 amide bonds. The molecule has 0 aliphatic heterocycles. The fraction of sp³-hybridized carbons (Fsp3) is 0.304. The van der Waals surface area contributed by atoms with Crippen LogP contribution in [0.4, 0.5) is 0 Å². The zero-order chi connectivity index (χ0) is 23.6. The van der Waals surface area contributed by atoms with E-state index >= 15 is 0 Å². The molecule has 0 spiro atoms. The molecule has 1 aromatic heterocycles. The number of hydrogen-bond acceptors (Lipinski definition) is 8. The quantitative estimate of drug-likeness (QED) is 0.424. The zero-order valence-electron chi connectivity index (χ0n) is 18.7. The molecule has 3 aromatic rings. The number of carbonyl (C=O) groups is 2. The average molecular weight is 454 g/mol. The number of aromatic nitrogens is 2. The SMILES string of the molecule is CCOc1ccc(C(=O)NCCNC(=O)c2nc(-c3ccc(OC)cc3)no2)cc1OCC. The molecule has 0 aliphatic rings. The summed E-state index contributed by atoms with van der Waals surface area (Å²) in [5, 5.41) is 9.19. The first-order chi connectivity index (χ1) is 16.0. The topological polar surface area (TPSA) is 125 Å². The van der Waals surface area contributed by atoms with Crippen molar-refractivity contribution >= 4 is 11.8 Å². The molecule has 1 heterocycles. The molecule has 3 rings (SSSR count). The summed E-state index contributed by atoms with van der Waals surface area (Å²) in [6.45, 7) is 5.06. The van der Waals surface area contributed by atoms with Gasteiger partial charge in [0.2, 0.25) is 5.82 Å². The third-order valence-corrected chi connectivity index (χ3v) is 4.47. The monoisotopic (exact) mass is 454 g/mol. The molecule has 0 radical (unpaired) electrons. The van der Waals surface area contributed by atoms with Crippen molar-refractivity contribution in [2.24, 2.45) is 0 Å². The predicted octanol–water partition coefficient (Wildman–Crippen LogP) is 2.70. The first-order valence-electron chi connectivity index (χ1n) is 10.5. The Morgan fingerprint density at radius 1 is 0.909 bits per heavy atom. The van der Waals surface area contributed by atoms with E-state index in [1.807, 2.05) is 13.8 Å². The van der Waals surface area contributed by atoms with Gasteiger partial charge in [-0.3, -0.25) is 9.59 Å². The van der Waals surface area contributed by atoms with Crippen molar-refractivity contribution in [3.05, 3.63) is 53.9 Å². The summed E-state index contributed by atoms with van der Waals surface area (Å²) in [5.41, 5.74) is 1.11. The van der Waals surface area contributed by atoms with Crippen molar-refractivity contribution in [1.82, 2.24) is 20.8 Å². The molecule has 0 unspecified atom stereocenters. The van der Waals surface area contributed by atoms with E-state index in [0.29, 0.717) is 41.6 Å². The van der Waals surface area contributed by atoms with Gasteiger partial charge in [-0.15, -0.1) is 0 Å². The fourth-order valence-electron chi connectivity index (χ4n) is 2.90. The highest BCUT2D eigenvalue weighted by molar-refractivity contribution is 5.95. The van der Waals surface area contributed by atoms with Gasteiger partial charge in [-0.1, -0.05) is 5.16 Å². The highest BCUT2D eigenvalue weighted by Gasteiger charge is 2.16. The highest BCUT2D eigenvalue weighted by Crippen LogP contribution is 2.28. The van der Waals surface area contributed by atoms with E-state index < -0.39 is 5.91 Å². The second kappa shape index (κ2) is 11.5. The standard InChI is InChI=1S/C23H26N4O6/c1-4-31-18-11-8-16(14-19(18)32-5-2)21(28)24-12-13-25-22(29)23-26-20(27-33-23)15-6-9-17(30-3)10-7-15/h6-11,14H,4-5,12-13H2,1-3H3,(H,24,28)(H,25,29). The van der Waals surface area contributed by atoms with Crippen LogP contribution in [-0.4, -0.2) is 55.4 Å². The molecular weight excluding hydrogens is 428 g/mol. The predicted molar refractivity (Wildman–Crippen MR) is 120 cm³/mol. The lowest BCUT2D eigenvalue weighted by Gasteiger charge is -2.12. The maximum Gasteiger partial charge on any atom is 0.316 e. The number of hydrogen-bond donors (Lipinski definition) is 2. The molecule has 33 heavy (non-hydrogen) atoms. The Balaban J connectivity index is 1.49. The molecule has 0 fully saturated rings. The molecule has 0 saturated heterocycles. The van der Waals surface area contributed by atoms with Gasteiger partial charge in [0, 0.05) is 24.2 Å². The van der Waals surface area contributed by atoms with E-state index in [4.69, 9.17) is 18.7 Å². The van der Waals surface area contributed by atoms with E-state index in [2.05, 4.69) is 20.8 Å². The van der Waals surface area contributed by atoms with Gasteiger partial charge < -0.3 is 29.4 Å². The summed E-state index contributed by atoms with van der Waals surface area (Å²) in [6, 6.07) is 12.0. The van der Waals surface area contributed by atoms with E-state index in [-0.39, 0.29) is 30.7 Å². The molecular formula is C23H26N4O6.